The molecule has 1 saturated carbocycles. The van der Waals surface area contributed by atoms with Gasteiger partial charge in [-0.15, -0.1) is 0 Å². The molecule has 0 bridgehead atoms. The zero-order valence-electron chi connectivity index (χ0n) is 6.88. The Bertz CT molecular complexity index is 220. The Morgan fingerprint density at radius 3 is 1.58 bits per heavy atom. The van der Waals surface area contributed by atoms with Gasteiger partial charge in [-0.05, 0) is 12.8 Å². The van der Waals surface area contributed by atoms with Crippen LogP contribution in [-0.2, 0) is 0 Å². The average Bonchev–Trinajstić information content (AvgIpc) is 2.04. The van der Waals surface area contributed by atoms with Crippen LogP contribution in [0.2, 0.25) is 0 Å². The molecule has 0 radical (unpaired) electrons. The van der Waals surface area contributed by atoms with Crippen molar-refractivity contribution >= 4 is 0 Å². The maximum atomic E-state index is 8.45. The van der Waals surface area contributed by atoms with Crippen molar-refractivity contribution in [3.05, 3.63) is 0 Å². The summed E-state index contributed by atoms with van der Waals surface area (Å²) in [6, 6.07) is 0. The monoisotopic (exact) mass is 164 g/mol. The van der Waals surface area contributed by atoms with E-state index < -0.39 is 0 Å². The summed E-state index contributed by atoms with van der Waals surface area (Å²) >= 11 is 0. The Morgan fingerprint density at radius 1 is 0.917 bits per heavy atom. The molecule has 0 heterocycles. The van der Waals surface area contributed by atoms with Crippen molar-refractivity contribution in [3.63, 3.8) is 0 Å². The van der Waals surface area contributed by atoms with Crippen LogP contribution in [0.25, 0.3) is 0 Å². The van der Waals surface area contributed by atoms with Crippen LogP contribution >= 0.6 is 0 Å². The van der Waals surface area contributed by atoms with Crippen LogP contribution in [-0.4, -0.2) is 23.4 Å². The first-order valence-electron chi connectivity index (χ1n) is 4.07. The quantitative estimate of drug-likeness (QED) is 0.495. The van der Waals surface area contributed by atoms with Gasteiger partial charge in [0.05, 0.1) is 0 Å². The van der Waals surface area contributed by atoms with E-state index in [0.29, 0.717) is 11.8 Å². The SMILES string of the molecule is OCC#C[C@H]1CC[C@@H]1C#CCO. The van der Waals surface area contributed by atoms with Gasteiger partial charge in [0.2, 0.25) is 0 Å². The highest BCUT2D eigenvalue weighted by Gasteiger charge is 2.27. The molecule has 2 atom stereocenters. The van der Waals surface area contributed by atoms with Crippen LogP contribution in [0.5, 0.6) is 0 Å². The van der Waals surface area contributed by atoms with Crippen LogP contribution in [0, 0.1) is 35.5 Å². The maximum absolute atomic E-state index is 8.45. The van der Waals surface area contributed by atoms with E-state index in [2.05, 4.69) is 23.7 Å². The average molecular weight is 164 g/mol. The van der Waals surface area contributed by atoms with Gasteiger partial charge in [-0.25, -0.2) is 0 Å². The van der Waals surface area contributed by atoms with Crippen molar-refractivity contribution in [2.45, 2.75) is 12.8 Å². The van der Waals surface area contributed by atoms with Gasteiger partial charge in [-0.2, -0.15) is 0 Å². The predicted molar refractivity (Wildman–Crippen MR) is 45.9 cm³/mol. The molecule has 0 aromatic carbocycles. The van der Waals surface area contributed by atoms with Crippen LogP contribution in [0.3, 0.4) is 0 Å². The zero-order valence-corrected chi connectivity index (χ0v) is 6.88. The van der Waals surface area contributed by atoms with Crippen LogP contribution in [0.4, 0.5) is 0 Å². The minimum Gasteiger partial charge on any atom is -0.384 e. The fraction of sp³-hybridized carbons (Fsp3) is 0.600. The normalized spacial score (nSPS) is 25.8. The second-order valence-corrected chi connectivity index (χ2v) is 2.75. The fourth-order valence-corrected chi connectivity index (χ4v) is 1.20. The first-order chi connectivity index (χ1) is 5.88. The lowest BCUT2D eigenvalue weighted by atomic mass is 9.74. The van der Waals surface area contributed by atoms with E-state index in [1.54, 1.807) is 0 Å². The highest BCUT2D eigenvalue weighted by molar-refractivity contribution is 5.18. The van der Waals surface area contributed by atoms with E-state index in [-0.39, 0.29) is 13.2 Å². The van der Waals surface area contributed by atoms with Gasteiger partial charge in [-0.1, -0.05) is 23.7 Å². The van der Waals surface area contributed by atoms with E-state index in [9.17, 15) is 0 Å². The summed E-state index contributed by atoms with van der Waals surface area (Å²) in [5, 5.41) is 16.9. The Hall–Kier alpha value is -0.960. The number of aliphatic hydroxyl groups excluding tert-OH is 2. The minimum absolute atomic E-state index is 0.0728. The highest BCUT2D eigenvalue weighted by Crippen LogP contribution is 2.32. The van der Waals surface area contributed by atoms with Gasteiger partial charge in [-0.3, -0.25) is 0 Å². The zero-order chi connectivity index (χ0) is 8.81. The Labute approximate surface area is 72.6 Å². The first kappa shape index (κ1) is 9.13. The van der Waals surface area contributed by atoms with Crippen LogP contribution in [0.15, 0.2) is 0 Å². The topological polar surface area (TPSA) is 40.5 Å². The third kappa shape index (κ3) is 2.27. The smallest absolute Gasteiger partial charge is 0.104 e. The largest absolute Gasteiger partial charge is 0.384 e. The van der Waals surface area contributed by atoms with Crippen molar-refractivity contribution in [1.82, 2.24) is 0 Å². The molecule has 1 aliphatic rings. The molecule has 12 heavy (non-hydrogen) atoms. The van der Waals surface area contributed by atoms with Gasteiger partial charge < -0.3 is 10.2 Å². The van der Waals surface area contributed by atoms with Gasteiger partial charge in [0.1, 0.15) is 13.2 Å². The lowest BCUT2D eigenvalue weighted by Crippen LogP contribution is -2.22. The van der Waals surface area contributed by atoms with Crippen LogP contribution < -0.4 is 0 Å². The minimum atomic E-state index is -0.0728. The summed E-state index contributed by atoms with van der Waals surface area (Å²) < 4.78 is 0. The molecule has 2 N–H and O–H groups in total. The van der Waals surface area contributed by atoms with E-state index in [4.69, 9.17) is 10.2 Å². The summed E-state index contributed by atoms with van der Waals surface area (Å²) in [5.74, 6) is 11.8. The number of hydrogen-bond acceptors (Lipinski definition) is 2. The second kappa shape index (κ2) is 4.83. The Kier molecular flexibility index (Phi) is 3.67. The molecule has 1 aliphatic carbocycles. The molecule has 0 spiro atoms. The lowest BCUT2D eigenvalue weighted by Gasteiger charge is -2.28. The Morgan fingerprint density at radius 2 is 1.33 bits per heavy atom. The summed E-state index contributed by atoms with van der Waals surface area (Å²) in [6.45, 7) is -0.146. The van der Waals surface area contributed by atoms with Crippen LogP contribution in [0.1, 0.15) is 12.8 Å². The Balaban J connectivity index is 2.38. The third-order valence-corrected chi connectivity index (χ3v) is 2.01. The van der Waals surface area contributed by atoms with Crippen molar-refractivity contribution in [2.24, 2.45) is 11.8 Å². The molecular formula is C10H12O2. The van der Waals surface area contributed by atoms with Crippen molar-refractivity contribution in [3.8, 4) is 23.7 Å². The number of rotatable bonds is 0. The van der Waals surface area contributed by atoms with Crippen molar-refractivity contribution in [2.75, 3.05) is 13.2 Å². The maximum Gasteiger partial charge on any atom is 0.104 e. The molecule has 0 unspecified atom stereocenters. The summed E-state index contributed by atoms with van der Waals surface area (Å²) in [5.41, 5.74) is 0. The third-order valence-electron chi connectivity index (χ3n) is 2.01. The predicted octanol–water partition coefficient (Wildman–Crippen LogP) is 0.00400. The van der Waals surface area contributed by atoms with Crippen molar-refractivity contribution < 1.29 is 10.2 Å². The molecule has 2 heteroatoms. The summed E-state index contributed by atoms with van der Waals surface area (Å²) in [6.07, 6.45) is 2.13. The molecule has 2 nitrogen and oxygen atoms in total. The molecule has 0 aliphatic heterocycles. The van der Waals surface area contributed by atoms with E-state index in [1.807, 2.05) is 0 Å². The molecule has 1 fully saturated rings. The standard InChI is InChI=1S/C10H12O2/c11-7-1-3-9-5-6-10(9)4-2-8-12/h9-12H,5-8H2/t9-,10-/m0/s1. The number of aliphatic hydroxyl groups is 2. The molecule has 0 saturated heterocycles. The molecule has 0 aromatic heterocycles. The summed E-state index contributed by atoms with van der Waals surface area (Å²) in [4.78, 5) is 0. The lowest BCUT2D eigenvalue weighted by molar-refractivity contribution is 0.305. The van der Waals surface area contributed by atoms with Gasteiger partial charge in [0.25, 0.3) is 0 Å². The highest BCUT2D eigenvalue weighted by atomic mass is 16.3. The van der Waals surface area contributed by atoms with Crippen molar-refractivity contribution in [1.29, 1.82) is 0 Å². The van der Waals surface area contributed by atoms with E-state index >= 15 is 0 Å². The number of hydrogen-bond donors (Lipinski definition) is 2. The summed E-state index contributed by atoms with van der Waals surface area (Å²) in [7, 11) is 0. The van der Waals surface area contributed by atoms with E-state index in [0.717, 1.165) is 12.8 Å². The molecular weight excluding hydrogens is 152 g/mol. The molecule has 0 amide bonds. The van der Waals surface area contributed by atoms with Gasteiger partial charge >= 0.3 is 0 Å². The second-order valence-electron chi connectivity index (χ2n) is 2.75. The molecule has 64 valence electrons. The van der Waals surface area contributed by atoms with Gasteiger partial charge in [0.15, 0.2) is 0 Å². The molecule has 0 aromatic rings. The van der Waals surface area contributed by atoms with E-state index in [1.165, 1.54) is 0 Å². The fourth-order valence-electron chi connectivity index (χ4n) is 1.20. The van der Waals surface area contributed by atoms with Gasteiger partial charge in [0, 0.05) is 11.8 Å². The first-order valence-corrected chi connectivity index (χ1v) is 4.07. The molecule has 1 rings (SSSR count).